The van der Waals surface area contributed by atoms with Gasteiger partial charge in [0.15, 0.2) is 0 Å². The normalized spacial score (nSPS) is 22.2. The van der Waals surface area contributed by atoms with E-state index in [0.29, 0.717) is 13.2 Å². The van der Waals surface area contributed by atoms with Crippen molar-refractivity contribution in [1.82, 2.24) is 0 Å². The van der Waals surface area contributed by atoms with Crippen LogP contribution in [-0.2, 0) is 9.47 Å². The van der Waals surface area contributed by atoms with Crippen LogP contribution in [0.25, 0.3) is 0 Å². The molecule has 2 unspecified atom stereocenters. The predicted molar refractivity (Wildman–Crippen MR) is 48.0 cm³/mol. The van der Waals surface area contributed by atoms with Gasteiger partial charge >= 0.3 is 0 Å². The van der Waals surface area contributed by atoms with Gasteiger partial charge < -0.3 is 15.2 Å². The highest BCUT2D eigenvalue weighted by Crippen LogP contribution is 2.31. The minimum atomic E-state index is 0.166. The van der Waals surface area contributed by atoms with Gasteiger partial charge in [-0.15, -0.1) is 0 Å². The third-order valence-electron chi connectivity index (χ3n) is 2.20. The van der Waals surface area contributed by atoms with Crippen LogP contribution >= 0.6 is 0 Å². The van der Waals surface area contributed by atoms with E-state index in [9.17, 15) is 0 Å². The molecule has 1 saturated carbocycles. The van der Waals surface area contributed by atoms with E-state index in [1.54, 1.807) is 7.11 Å². The fourth-order valence-electron chi connectivity index (χ4n) is 1.22. The van der Waals surface area contributed by atoms with Gasteiger partial charge in [-0.25, -0.2) is 0 Å². The molecule has 0 saturated heterocycles. The quantitative estimate of drug-likeness (QED) is 0.645. The van der Waals surface area contributed by atoms with Crippen molar-refractivity contribution in [3.8, 4) is 0 Å². The lowest BCUT2D eigenvalue weighted by molar-refractivity contribution is 0.00156. The summed E-state index contributed by atoms with van der Waals surface area (Å²) in [5, 5.41) is 0. The van der Waals surface area contributed by atoms with E-state index in [4.69, 9.17) is 15.2 Å². The summed E-state index contributed by atoms with van der Waals surface area (Å²) in [6, 6.07) is 0.240. The smallest absolute Gasteiger partial charge is 0.0781 e. The maximum atomic E-state index is 5.86. The molecule has 1 fully saturated rings. The van der Waals surface area contributed by atoms with Crippen LogP contribution in [0.3, 0.4) is 0 Å². The zero-order chi connectivity index (χ0) is 8.97. The molecule has 0 bridgehead atoms. The lowest BCUT2D eigenvalue weighted by Crippen LogP contribution is -2.31. The first-order valence-corrected chi connectivity index (χ1v) is 4.60. The van der Waals surface area contributed by atoms with Gasteiger partial charge in [0, 0.05) is 13.2 Å². The van der Waals surface area contributed by atoms with Crippen molar-refractivity contribution in [2.75, 3.05) is 20.3 Å². The van der Waals surface area contributed by atoms with E-state index in [1.165, 1.54) is 12.8 Å². The average Bonchev–Trinajstić information content (AvgIpc) is 2.83. The van der Waals surface area contributed by atoms with Gasteiger partial charge in [-0.05, 0) is 25.7 Å². The van der Waals surface area contributed by atoms with Crippen LogP contribution in [0.1, 0.15) is 19.8 Å². The van der Waals surface area contributed by atoms with Crippen LogP contribution in [0.2, 0.25) is 0 Å². The highest BCUT2D eigenvalue weighted by atomic mass is 16.5. The molecule has 2 N–H and O–H groups in total. The van der Waals surface area contributed by atoms with Crippen molar-refractivity contribution < 1.29 is 9.47 Å². The Labute approximate surface area is 74.2 Å². The van der Waals surface area contributed by atoms with Crippen molar-refractivity contribution in [1.29, 1.82) is 0 Å². The summed E-state index contributed by atoms with van der Waals surface area (Å²) in [6.07, 6.45) is 2.73. The van der Waals surface area contributed by atoms with Crippen molar-refractivity contribution >= 4 is 0 Å². The van der Waals surface area contributed by atoms with Gasteiger partial charge in [-0.3, -0.25) is 0 Å². The summed E-state index contributed by atoms with van der Waals surface area (Å²) < 4.78 is 10.4. The maximum Gasteiger partial charge on any atom is 0.0781 e. The Morgan fingerprint density at radius 3 is 2.58 bits per heavy atom. The summed E-state index contributed by atoms with van der Waals surface area (Å²) in [5.41, 5.74) is 5.86. The topological polar surface area (TPSA) is 44.5 Å². The van der Waals surface area contributed by atoms with Gasteiger partial charge in [0.25, 0.3) is 0 Å². The molecule has 0 radical (unpaired) electrons. The molecule has 0 aromatic heterocycles. The van der Waals surface area contributed by atoms with Gasteiger partial charge in [0.2, 0.25) is 0 Å². The van der Waals surface area contributed by atoms with Crippen LogP contribution in [0, 0.1) is 5.92 Å². The predicted octanol–water partition coefficient (Wildman–Crippen LogP) is 0.775. The Hall–Kier alpha value is -0.120. The number of hydrogen-bond donors (Lipinski definition) is 1. The fourth-order valence-corrected chi connectivity index (χ4v) is 1.22. The molecule has 1 aliphatic carbocycles. The molecule has 72 valence electrons. The Balaban J connectivity index is 1.99. The van der Waals surface area contributed by atoms with Gasteiger partial charge in [0.05, 0.1) is 19.3 Å². The van der Waals surface area contributed by atoms with Crippen LogP contribution < -0.4 is 5.73 Å². The molecule has 12 heavy (non-hydrogen) atoms. The summed E-state index contributed by atoms with van der Waals surface area (Å²) in [6.45, 7) is 3.33. The Morgan fingerprint density at radius 1 is 1.42 bits per heavy atom. The lowest BCUT2D eigenvalue weighted by atomic mass is 10.2. The molecule has 0 aromatic rings. The van der Waals surface area contributed by atoms with Crippen LogP contribution in [0.5, 0.6) is 0 Å². The summed E-state index contributed by atoms with van der Waals surface area (Å²) >= 11 is 0. The fraction of sp³-hybridized carbons (Fsp3) is 1.00. The monoisotopic (exact) mass is 173 g/mol. The molecule has 3 heteroatoms. The third-order valence-corrected chi connectivity index (χ3v) is 2.20. The molecule has 0 heterocycles. The molecule has 0 spiro atoms. The summed E-state index contributed by atoms with van der Waals surface area (Å²) in [5.74, 6) is 0.722. The standard InChI is InChI=1S/C9H19NO2/c1-7(5-11-2)12-6-9(10)8-3-4-8/h7-9H,3-6,10H2,1-2H3. The van der Waals surface area contributed by atoms with E-state index in [-0.39, 0.29) is 12.1 Å². The summed E-state index contributed by atoms with van der Waals surface area (Å²) in [7, 11) is 1.68. The zero-order valence-corrected chi connectivity index (χ0v) is 7.95. The van der Waals surface area contributed by atoms with Crippen LogP contribution in [0.15, 0.2) is 0 Å². The second kappa shape index (κ2) is 4.80. The molecule has 3 nitrogen and oxygen atoms in total. The van der Waals surface area contributed by atoms with Crippen molar-refractivity contribution in [2.24, 2.45) is 11.7 Å². The van der Waals surface area contributed by atoms with Crippen molar-refractivity contribution in [3.05, 3.63) is 0 Å². The number of methoxy groups -OCH3 is 1. The van der Waals surface area contributed by atoms with E-state index in [2.05, 4.69) is 0 Å². The number of nitrogens with two attached hydrogens (primary N) is 1. The Morgan fingerprint density at radius 2 is 2.08 bits per heavy atom. The summed E-state index contributed by atoms with van der Waals surface area (Å²) in [4.78, 5) is 0. The number of hydrogen-bond acceptors (Lipinski definition) is 3. The van der Waals surface area contributed by atoms with Gasteiger partial charge in [0.1, 0.15) is 0 Å². The molecule has 1 aliphatic rings. The minimum absolute atomic E-state index is 0.166. The van der Waals surface area contributed by atoms with Crippen LogP contribution in [-0.4, -0.2) is 32.5 Å². The molecule has 0 aromatic carbocycles. The second-order valence-corrected chi connectivity index (χ2v) is 3.60. The highest BCUT2D eigenvalue weighted by molar-refractivity contribution is 4.83. The Bertz CT molecular complexity index is 126. The minimum Gasteiger partial charge on any atom is -0.382 e. The first-order chi connectivity index (χ1) is 5.74. The lowest BCUT2D eigenvalue weighted by Gasteiger charge is -2.15. The van der Waals surface area contributed by atoms with E-state index in [1.807, 2.05) is 6.92 Å². The highest BCUT2D eigenvalue weighted by Gasteiger charge is 2.28. The first-order valence-electron chi connectivity index (χ1n) is 4.60. The molecule has 0 aliphatic heterocycles. The van der Waals surface area contributed by atoms with Crippen molar-refractivity contribution in [2.45, 2.75) is 31.9 Å². The molecule has 2 atom stereocenters. The van der Waals surface area contributed by atoms with Gasteiger partial charge in [-0.2, -0.15) is 0 Å². The van der Waals surface area contributed by atoms with E-state index >= 15 is 0 Å². The molecule has 0 amide bonds. The van der Waals surface area contributed by atoms with Gasteiger partial charge in [-0.1, -0.05) is 0 Å². The number of rotatable bonds is 6. The SMILES string of the molecule is COCC(C)OCC(N)C1CC1. The maximum absolute atomic E-state index is 5.86. The van der Waals surface area contributed by atoms with Crippen molar-refractivity contribution in [3.63, 3.8) is 0 Å². The average molecular weight is 173 g/mol. The second-order valence-electron chi connectivity index (χ2n) is 3.60. The zero-order valence-electron chi connectivity index (χ0n) is 7.95. The number of ether oxygens (including phenoxy) is 2. The van der Waals surface area contributed by atoms with E-state index < -0.39 is 0 Å². The molecular formula is C9H19NO2. The molecule has 1 rings (SSSR count). The first kappa shape index (κ1) is 9.96. The Kier molecular flexibility index (Phi) is 3.98. The van der Waals surface area contributed by atoms with Crippen LogP contribution in [0.4, 0.5) is 0 Å². The molecular weight excluding hydrogens is 154 g/mol. The van der Waals surface area contributed by atoms with E-state index in [0.717, 1.165) is 5.92 Å². The largest absolute Gasteiger partial charge is 0.382 e. The third kappa shape index (κ3) is 3.52.